The third kappa shape index (κ3) is 5.66. The van der Waals surface area contributed by atoms with E-state index in [-0.39, 0.29) is 24.2 Å². The van der Waals surface area contributed by atoms with Crippen LogP contribution in [0.25, 0.3) is 0 Å². The number of rotatable bonds is 7. The van der Waals surface area contributed by atoms with E-state index in [1.807, 2.05) is 13.8 Å². The molecule has 124 valence electrons. The van der Waals surface area contributed by atoms with Gasteiger partial charge in [0.2, 0.25) is 0 Å². The Hall–Kier alpha value is -1.59. The second kappa shape index (κ2) is 10.2. The van der Waals surface area contributed by atoms with Crippen LogP contribution >= 0.6 is 12.4 Å². The molecule has 0 heterocycles. The van der Waals surface area contributed by atoms with E-state index in [9.17, 15) is 9.59 Å². The monoisotopic (exact) mass is 328 g/mol. The number of amides is 1. The van der Waals surface area contributed by atoms with Gasteiger partial charge in [-0.2, -0.15) is 0 Å². The Balaban J connectivity index is 0.00000441. The molecule has 0 aliphatic rings. The fraction of sp³-hybridized carbons (Fsp3) is 0.500. The average Bonchev–Trinajstić information content (AvgIpc) is 2.51. The lowest BCUT2D eigenvalue weighted by molar-refractivity contribution is -0.146. The van der Waals surface area contributed by atoms with Crippen LogP contribution in [-0.2, 0) is 16.1 Å². The van der Waals surface area contributed by atoms with Crippen LogP contribution in [0, 0.1) is 5.92 Å². The second-order valence-corrected chi connectivity index (χ2v) is 4.99. The van der Waals surface area contributed by atoms with Gasteiger partial charge in [-0.3, -0.25) is 4.79 Å². The number of ether oxygens (including phenoxy) is 1. The van der Waals surface area contributed by atoms with Crippen molar-refractivity contribution in [1.29, 1.82) is 0 Å². The predicted molar refractivity (Wildman–Crippen MR) is 88.9 cm³/mol. The molecule has 3 N–H and O–H groups in total. The van der Waals surface area contributed by atoms with Crippen molar-refractivity contribution in [2.45, 2.75) is 39.8 Å². The highest BCUT2D eigenvalue weighted by Gasteiger charge is 2.27. The first-order chi connectivity index (χ1) is 10.0. The molecule has 0 saturated heterocycles. The smallest absolute Gasteiger partial charge is 0.328 e. The third-order valence-corrected chi connectivity index (χ3v) is 3.49. The van der Waals surface area contributed by atoms with Crippen LogP contribution in [0.5, 0.6) is 0 Å². The van der Waals surface area contributed by atoms with Crippen molar-refractivity contribution >= 4 is 24.3 Å². The first-order valence-corrected chi connectivity index (χ1v) is 7.29. The first kappa shape index (κ1) is 20.4. The molecule has 22 heavy (non-hydrogen) atoms. The molecule has 1 aromatic carbocycles. The number of hydrogen-bond donors (Lipinski definition) is 2. The highest BCUT2D eigenvalue weighted by molar-refractivity contribution is 5.96. The highest BCUT2D eigenvalue weighted by Crippen LogP contribution is 2.11. The molecule has 2 atom stereocenters. The molecule has 1 aromatic rings. The zero-order valence-electron chi connectivity index (χ0n) is 13.3. The lowest BCUT2D eigenvalue weighted by atomic mass is 9.98. The molecule has 0 spiro atoms. The van der Waals surface area contributed by atoms with Gasteiger partial charge in [-0.05, 0) is 30.5 Å². The van der Waals surface area contributed by atoms with Gasteiger partial charge in [-0.1, -0.05) is 32.4 Å². The lowest BCUT2D eigenvalue weighted by Crippen LogP contribution is -2.46. The topological polar surface area (TPSA) is 81.4 Å². The highest BCUT2D eigenvalue weighted by atomic mass is 35.5. The minimum Gasteiger partial charge on any atom is -0.464 e. The lowest BCUT2D eigenvalue weighted by Gasteiger charge is -2.22. The van der Waals surface area contributed by atoms with E-state index in [1.54, 1.807) is 31.2 Å². The summed E-state index contributed by atoms with van der Waals surface area (Å²) >= 11 is 0. The van der Waals surface area contributed by atoms with Crippen molar-refractivity contribution in [3.63, 3.8) is 0 Å². The molecule has 0 radical (unpaired) electrons. The number of halogens is 1. The van der Waals surface area contributed by atoms with Gasteiger partial charge in [0.15, 0.2) is 0 Å². The van der Waals surface area contributed by atoms with Gasteiger partial charge in [0.1, 0.15) is 6.04 Å². The summed E-state index contributed by atoms with van der Waals surface area (Å²) in [7, 11) is 0. The van der Waals surface area contributed by atoms with E-state index in [4.69, 9.17) is 10.5 Å². The zero-order valence-corrected chi connectivity index (χ0v) is 14.1. The summed E-state index contributed by atoms with van der Waals surface area (Å²) in [5.41, 5.74) is 6.98. The third-order valence-electron chi connectivity index (χ3n) is 3.49. The Kier molecular flexibility index (Phi) is 9.45. The molecule has 0 aliphatic carbocycles. The summed E-state index contributed by atoms with van der Waals surface area (Å²) in [6.07, 6.45) is 0.774. The van der Waals surface area contributed by atoms with Crippen LogP contribution in [0.4, 0.5) is 0 Å². The fourth-order valence-corrected chi connectivity index (χ4v) is 1.92. The van der Waals surface area contributed by atoms with Crippen molar-refractivity contribution in [3.05, 3.63) is 35.4 Å². The Morgan fingerprint density at radius 3 is 2.27 bits per heavy atom. The van der Waals surface area contributed by atoms with Crippen LogP contribution in [0.3, 0.4) is 0 Å². The molecular weight excluding hydrogens is 304 g/mol. The van der Waals surface area contributed by atoms with E-state index in [0.717, 1.165) is 12.0 Å². The summed E-state index contributed by atoms with van der Waals surface area (Å²) in [5.74, 6) is -0.660. The quantitative estimate of drug-likeness (QED) is 0.752. The van der Waals surface area contributed by atoms with Crippen molar-refractivity contribution in [3.8, 4) is 0 Å². The van der Waals surface area contributed by atoms with Crippen LogP contribution in [0.15, 0.2) is 24.3 Å². The van der Waals surface area contributed by atoms with E-state index in [2.05, 4.69) is 5.32 Å². The summed E-state index contributed by atoms with van der Waals surface area (Å²) < 4.78 is 5.03. The molecule has 6 heteroatoms. The molecule has 0 saturated carbocycles. The maximum absolute atomic E-state index is 12.2. The minimum atomic E-state index is -0.628. The molecule has 5 nitrogen and oxygen atoms in total. The summed E-state index contributed by atoms with van der Waals surface area (Å²) in [6, 6.07) is 6.39. The predicted octanol–water partition coefficient (Wildman–Crippen LogP) is 2.27. The number of esters is 1. The van der Waals surface area contributed by atoms with Crippen molar-refractivity contribution in [1.82, 2.24) is 5.32 Å². The minimum absolute atomic E-state index is 0. The van der Waals surface area contributed by atoms with Gasteiger partial charge in [0, 0.05) is 12.1 Å². The van der Waals surface area contributed by atoms with E-state index in [0.29, 0.717) is 18.7 Å². The molecule has 2 unspecified atom stereocenters. The van der Waals surface area contributed by atoms with Crippen LogP contribution < -0.4 is 11.1 Å². The van der Waals surface area contributed by atoms with E-state index < -0.39 is 12.0 Å². The van der Waals surface area contributed by atoms with Gasteiger partial charge in [-0.15, -0.1) is 12.4 Å². The van der Waals surface area contributed by atoms with E-state index in [1.165, 1.54) is 0 Å². The number of hydrogen-bond acceptors (Lipinski definition) is 4. The summed E-state index contributed by atoms with van der Waals surface area (Å²) in [6.45, 7) is 6.37. The number of carbonyl (C=O) groups excluding carboxylic acids is 2. The second-order valence-electron chi connectivity index (χ2n) is 4.99. The van der Waals surface area contributed by atoms with Crippen molar-refractivity contribution < 1.29 is 14.3 Å². The standard InChI is InChI=1S/C16H24N2O3.ClH/c1-4-11(3)14(16(20)21-5-2)18-15(19)13-8-6-12(10-17)7-9-13;/h6-9,11,14H,4-5,10,17H2,1-3H3,(H,18,19);1H. The van der Waals surface area contributed by atoms with Crippen LogP contribution in [0.1, 0.15) is 43.1 Å². The number of carbonyl (C=O) groups is 2. The molecule has 0 fully saturated rings. The number of nitrogens with one attached hydrogen (secondary N) is 1. The molecule has 1 amide bonds. The summed E-state index contributed by atoms with van der Waals surface area (Å²) in [4.78, 5) is 24.2. The molecule has 0 bridgehead atoms. The van der Waals surface area contributed by atoms with Gasteiger partial charge < -0.3 is 15.8 Å². The Labute approximate surface area is 138 Å². The Morgan fingerprint density at radius 1 is 1.23 bits per heavy atom. The van der Waals surface area contributed by atoms with Crippen LogP contribution in [0.2, 0.25) is 0 Å². The SMILES string of the molecule is CCOC(=O)C(NC(=O)c1ccc(CN)cc1)C(C)CC.Cl. The first-order valence-electron chi connectivity index (χ1n) is 7.29. The van der Waals surface area contributed by atoms with Gasteiger partial charge in [0.25, 0.3) is 5.91 Å². The zero-order chi connectivity index (χ0) is 15.8. The van der Waals surface area contributed by atoms with Crippen molar-refractivity contribution in [2.75, 3.05) is 6.61 Å². The van der Waals surface area contributed by atoms with Crippen molar-refractivity contribution in [2.24, 2.45) is 11.7 Å². The molecule has 1 rings (SSSR count). The molecular formula is C16H25ClN2O3. The number of nitrogens with two attached hydrogens (primary N) is 1. The van der Waals surface area contributed by atoms with Gasteiger partial charge >= 0.3 is 5.97 Å². The van der Waals surface area contributed by atoms with Crippen LogP contribution in [-0.4, -0.2) is 24.5 Å². The van der Waals surface area contributed by atoms with Gasteiger partial charge in [-0.25, -0.2) is 4.79 Å². The molecule has 0 aromatic heterocycles. The summed E-state index contributed by atoms with van der Waals surface area (Å²) in [5, 5.41) is 2.76. The number of benzene rings is 1. The van der Waals surface area contributed by atoms with E-state index >= 15 is 0 Å². The fourth-order valence-electron chi connectivity index (χ4n) is 1.92. The maximum Gasteiger partial charge on any atom is 0.328 e. The van der Waals surface area contributed by atoms with Gasteiger partial charge in [0.05, 0.1) is 6.61 Å². The normalized spacial score (nSPS) is 12.7. The average molecular weight is 329 g/mol. The maximum atomic E-state index is 12.2. The Bertz CT molecular complexity index is 477. The Morgan fingerprint density at radius 2 is 1.82 bits per heavy atom. The molecule has 0 aliphatic heterocycles. The largest absolute Gasteiger partial charge is 0.464 e.